The van der Waals surface area contributed by atoms with E-state index in [0.717, 1.165) is 6.26 Å². The van der Waals surface area contributed by atoms with E-state index in [9.17, 15) is 21.6 Å². The van der Waals surface area contributed by atoms with Crippen LogP contribution in [-0.4, -0.2) is 51.9 Å². The van der Waals surface area contributed by atoms with Gasteiger partial charge in [0.25, 0.3) is 0 Å². The van der Waals surface area contributed by atoms with Crippen molar-refractivity contribution in [3.05, 3.63) is 0 Å². The van der Waals surface area contributed by atoms with Crippen LogP contribution in [0.5, 0.6) is 0 Å². The van der Waals surface area contributed by atoms with E-state index in [0.29, 0.717) is 44.8 Å². The number of halogens is 3. The summed E-state index contributed by atoms with van der Waals surface area (Å²) in [7, 11) is -3.17. The van der Waals surface area contributed by atoms with Crippen LogP contribution in [-0.2, 0) is 10.0 Å². The molecule has 1 rings (SSSR count). The van der Waals surface area contributed by atoms with Crippen LogP contribution in [0.15, 0.2) is 0 Å². The standard InChI is InChI=1S/C10H19F3N2O2S/c1-18(16,17)14-5-2-9-3-6-15(7-4-9)8-10(11,12)13/h9,14H,2-8H2,1H3. The molecular weight excluding hydrogens is 269 g/mol. The maximum absolute atomic E-state index is 12.2. The van der Waals surface area contributed by atoms with E-state index in [1.807, 2.05) is 0 Å². The molecule has 0 aliphatic carbocycles. The van der Waals surface area contributed by atoms with E-state index in [2.05, 4.69) is 4.72 Å². The summed E-state index contributed by atoms with van der Waals surface area (Å²) in [5, 5.41) is 0. The number of alkyl halides is 3. The summed E-state index contributed by atoms with van der Waals surface area (Å²) >= 11 is 0. The summed E-state index contributed by atoms with van der Waals surface area (Å²) < 4.78 is 60.5. The first-order chi connectivity index (χ1) is 8.16. The van der Waals surface area contributed by atoms with Gasteiger partial charge in [0, 0.05) is 6.54 Å². The predicted molar refractivity (Wildman–Crippen MR) is 62.7 cm³/mol. The Hall–Kier alpha value is -0.340. The van der Waals surface area contributed by atoms with Crippen molar-refractivity contribution >= 4 is 10.0 Å². The first-order valence-corrected chi connectivity index (χ1v) is 7.78. The van der Waals surface area contributed by atoms with E-state index in [1.165, 1.54) is 4.90 Å². The second-order valence-electron chi connectivity index (χ2n) is 4.79. The smallest absolute Gasteiger partial charge is 0.295 e. The van der Waals surface area contributed by atoms with Crippen LogP contribution < -0.4 is 4.72 Å². The molecule has 0 aromatic carbocycles. The van der Waals surface area contributed by atoms with Gasteiger partial charge in [0.15, 0.2) is 0 Å². The fourth-order valence-electron chi connectivity index (χ4n) is 2.14. The third kappa shape index (κ3) is 7.17. The second-order valence-corrected chi connectivity index (χ2v) is 6.62. The van der Waals surface area contributed by atoms with Crippen molar-refractivity contribution < 1.29 is 21.6 Å². The summed E-state index contributed by atoms with van der Waals surface area (Å²) in [6.07, 6.45) is -0.959. The Morgan fingerprint density at radius 3 is 2.28 bits per heavy atom. The summed E-state index contributed by atoms with van der Waals surface area (Å²) in [5.41, 5.74) is 0. The third-order valence-electron chi connectivity index (χ3n) is 3.03. The maximum Gasteiger partial charge on any atom is 0.401 e. The highest BCUT2D eigenvalue weighted by molar-refractivity contribution is 7.88. The lowest BCUT2D eigenvalue weighted by atomic mass is 9.94. The lowest BCUT2D eigenvalue weighted by Gasteiger charge is -2.32. The molecule has 1 aliphatic heterocycles. The fourth-order valence-corrected chi connectivity index (χ4v) is 2.62. The topological polar surface area (TPSA) is 49.4 Å². The van der Waals surface area contributed by atoms with Crippen molar-refractivity contribution in [2.24, 2.45) is 5.92 Å². The molecule has 1 heterocycles. The molecule has 0 amide bonds. The average molecular weight is 288 g/mol. The van der Waals surface area contributed by atoms with Crippen LogP contribution in [0.2, 0.25) is 0 Å². The molecule has 0 bridgehead atoms. The lowest BCUT2D eigenvalue weighted by molar-refractivity contribution is -0.148. The van der Waals surface area contributed by atoms with Crippen LogP contribution in [0.25, 0.3) is 0 Å². The Morgan fingerprint density at radius 1 is 1.28 bits per heavy atom. The minimum Gasteiger partial charge on any atom is -0.295 e. The fraction of sp³-hybridized carbons (Fsp3) is 1.00. The highest BCUT2D eigenvalue weighted by Crippen LogP contribution is 2.23. The van der Waals surface area contributed by atoms with Crippen molar-refractivity contribution in [3.63, 3.8) is 0 Å². The van der Waals surface area contributed by atoms with Gasteiger partial charge in [-0.05, 0) is 38.3 Å². The predicted octanol–water partition coefficient (Wildman–Crippen LogP) is 1.20. The van der Waals surface area contributed by atoms with E-state index >= 15 is 0 Å². The zero-order valence-electron chi connectivity index (χ0n) is 10.3. The molecule has 0 atom stereocenters. The van der Waals surface area contributed by atoms with Crippen molar-refractivity contribution in [2.75, 3.05) is 32.4 Å². The summed E-state index contributed by atoms with van der Waals surface area (Å²) in [5.74, 6) is 0.309. The molecule has 0 unspecified atom stereocenters. The zero-order chi connectivity index (χ0) is 13.8. The van der Waals surface area contributed by atoms with Crippen LogP contribution in [0.1, 0.15) is 19.3 Å². The molecule has 0 radical (unpaired) electrons. The van der Waals surface area contributed by atoms with Crippen LogP contribution in [0.4, 0.5) is 13.2 Å². The number of hydrogen-bond acceptors (Lipinski definition) is 3. The molecular formula is C10H19F3N2O2S. The average Bonchev–Trinajstić information content (AvgIpc) is 2.16. The van der Waals surface area contributed by atoms with Crippen molar-refractivity contribution in [2.45, 2.75) is 25.4 Å². The Balaban J connectivity index is 2.20. The summed E-state index contributed by atoms with van der Waals surface area (Å²) in [6.45, 7) is 0.385. The molecule has 108 valence electrons. The number of rotatable bonds is 5. The van der Waals surface area contributed by atoms with Gasteiger partial charge in [0.1, 0.15) is 0 Å². The van der Waals surface area contributed by atoms with Crippen LogP contribution in [0, 0.1) is 5.92 Å². The van der Waals surface area contributed by atoms with Gasteiger partial charge in [0.2, 0.25) is 10.0 Å². The Kier molecular flexibility index (Phi) is 5.42. The largest absolute Gasteiger partial charge is 0.401 e. The van der Waals surface area contributed by atoms with E-state index in [-0.39, 0.29) is 0 Å². The molecule has 0 saturated carbocycles. The van der Waals surface area contributed by atoms with Gasteiger partial charge in [-0.2, -0.15) is 13.2 Å². The van der Waals surface area contributed by atoms with Gasteiger partial charge in [-0.3, -0.25) is 4.90 Å². The van der Waals surface area contributed by atoms with E-state index < -0.39 is 22.7 Å². The van der Waals surface area contributed by atoms with E-state index in [4.69, 9.17) is 0 Å². The number of nitrogens with zero attached hydrogens (tertiary/aromatic N) is 1. The SMILES string of the molecule is CS(=O)(=O)NCCC1CCN(CC(F)(F)F)CC1. The Labute approximate surface area is 106 Å². The summed E-state index contributed by atoms with van der Waals surface area (Å²) in [6, 6.07) is 0. The number of likely N-dealkylation sites (tertiary alicyclic amines) is 1. The highest BCUT2D eigenvalue weighted by atomic mass is 32.2. The molecule has 1 saturated heterocycles. The number of sulfonamides is 1. The first kappa shape index (κ1) is 15.7. The van der Waals surface area contributed by atoms with Crippen molar-refractivity contribution in [1.82, 2.24) is 9.62 Å². The molecule has 4 nitrogen and oxygen atoms in total. The monoisotopic (exact) mass is 288 g/mol. The number of hydrogen-bond donors (Lipinski definition) is 1. The van der Waals surface area contributed by atoms with E-state index in [1.54, 1.807) is 0 Å². The van der Waals surface area contributed by atoms with Gasteiger partial charge in [-0.1, -0.05) is 0 Å². The minimum atomic E-state index is -4.13. The van der Waals surface area contributed by atoms with Crippen molar-refractivity contribution in [3.8, 4) is 0 Å². The molecule has 1 N–H and O–H groups in total. The van der Waals surface area contributed by atoms with Gasteiger partial charge in [-0.15, -0.1) is 0 Å². The number of nitrogens with one attached hydrogen (secondary N) is 1. The van der Waals surface area contributed by atoms with Crippen LogP contribution in [0.3, 0.4) is 0 Å². The van der Waals surface area contributed by atoms with Gasteiger partial charge in [0.05, 0.1) is 12.8 Å². The molecule has 0 spiro atoms. The summed E-state index contributed by atoms with van der Waals surface area (Å²) in [4.78, 5) is 1.40. The molecule has 0 aromatic rings. The van der Waals surface area contributed by atoms with Gasteiger partial charge in [-0.25, -0.2) is 13.1 Å². The highest BCUT2D eigenvalue weighted by Gasteiger charge is 2.32. The Bertz CT molecular complexity index is 349. The molecule has 8 heteroatoms. The molecule has 1 fully saturated rings. The maximum atomic E-state index is 12.2. The first-order valence-electron chi connectivity index (χ1n) is 5.89. The molecule has 0 aromatic heterocycles. The Morgan fingerprint density at radius 2 is 1.83 bits per heavy atom. The second kappa shape index (κ2) is 6.21. The van der Waals surface area contributed by atoms with Gasteiger partial charge < -0.3 is 0 Å². The zero-order valence-corrected chi connectivity index (χ0v) is 11.1. The minimum absolute atomic E-state index is 0.309. The van der Waals surface area contributed by atoms with Gasteiger partial charge >= 0.3 is 6.18 Å². The molecule has 1 aliphatic rings. The molecule has 18 heavy (non-hydrogen) atoms. The van der Waals surface area contributed by atoms with Crippen LogP contribution >= 0.6 is 0 Å². The normalized spacial score (nSPS) is 20.2. The number of piperidine rings is 1. The lowest BCUT2D eigenvalue weighted by Crippen LogP contribution is -2.40. The quantitative estimate of drug-likeness (QED) is 0.827. The van der Waals surface area contributed by atoms with Crippen molar-refractivity contribution in [1.29, 1.82) is 0 Å². The third-order valence-corrected chi connectivity index (χ3v) is 3.76.